The third-order valence-corrected chi connectivity index (χ3v) is 14.2. The molecule has 9 unspecified atom stereocenters. The summed E-state index contributed by atoms with van der Waals surface area (Å²) < 4.78 is 12.3. The van der Waals surface area contributed by atoms with Crippen molar-refractivity contribution in [3.63, 3.8) is 0 Å². The molecule has 2 heterocycles. The van der Waals surface area contributed by atoms with Gasteiger partial charge < -0.3 is 19.7 Å². The van der Waals surface area contributed by atoms with Gasteiger partial charge in [0.2, 0.25) is 0 Å². The Balaban J connectivity index is 1.48. The van der Waals surface area contributed by atoms with Gasteiger partial charge in [-0.3, -0.25) is 9.59 Å². The van der Waals surface area contributed by atoms with Crippen LogP contribution in [0.4, 0.5) is 0 Å². The van der Waals surface area contributed by atoms with Gasteiger partial charge in [0.1, 0.15) is 11.5 Å². The maximum Gasteiger partial charge on any atom is 0.333 e. The van der Waals surface area contributed by atoms with Crippen LogP contribution in [0.1, 0.15) is 107 Å². The van der Waals surface area contributed by atoms with Crippen LogP contribution < -0.4 is 0 Å². The third kappa shape index (κ3) is 3.44. The minimum Gasteiger partial charge on any atom is -0.481 e. The second kappa shape index (κ2) is 8.80. The number of carbonyl (C=O) groups excluding carboxylic acids is 2. The number of allylic oxidation sites excluding steroid dienone is 3. The summed E-state index contributed by atoms with van der Waals surface area (Å²) in [5.41, 5.74) is -1.71. The Bertz CT molecular complexity index is 1300. The zero-order valence-corrected chi connectivity index (χ0v) is 26.8. The zero-order valence-electron chi connectivity index (χ0n) is 26.8. The Labute approximate surface area is 250 Å². The van der Waals surface area contributed by atoms with E-state index in [0.717, 1.165) is 24.8 Å². The van der Waals surface area contributed by atoms with Crippen LogP contribution in [0.15, 0.2) is 23.3 Å². The van der Waals surface area contributed by atoms with Crippen molar-refractivity contribution in [2.24, 2.45) is 50.2 Å². The van der Waals surface area contributed by atoms with Gasteiger partial charge >= 0.3 is 11.9 Å². The number of carboxylic acids is 1. The number of aliphatic carboxylic acids is 1. The van der Waals surface area contributed by atoms with E-state index < -0.39 is 40.6 Å². The molecule has 7 nitrogen and oxygen atoms in total. The minimum atomic E-state index is -1.28. The molecule has 2 saturated heterocycles. The van der Waals surface area contributed by atoms with Crippen LogP contribution in [0.5, 0.6) is 0 Å². The van der Waals surface area contributed by atoms with Crippen LogP contribution in [0.25, 0.3) is 0 Å². The molecule has 1 spiro atoms. The highest BCUT2D eigenvalue weighted by Gasteiger charge is 2.76. The van der Waals surface area contributed by atoms with E-state index in [9.17, 15) is 24.6 Å². The number of carbonyl (C=O) groups is 3. The van der Waals surface area contributed by atoms with Crippen LogP contribution in [0.3, 0.4) is 0 Å². The summed E-state index contributed by atoms with van der Waals surface area (Å²) in [5, 5.41) is 22.4. The van der Waals surface area contributed by atoms with Gasteiger partial charge in [0.25, 0.3) is 0 Å². The Morgan fingerprint density at radius 2 is 1.71 bits per heavy atom. The summed E-state index contributed by atoms with van der Waals surface area (Å²) in [7, 11) is 0. The van der Waals surface area contributed by atoms with Crippen LogP contribution in [-0.2, 0) is 23.9 Å². The number of carboxylic acid groups (broad SMARTS) is 1. The molecule has 0 radical (unpaired) electrons. The first-order valence-corrected chi connectivity index (χ1v) is 16.0. The third-order valence-electron chi connectivity index (χ3n) is 14.2. The molecule has 7 rings (SSSR count). The van der Waals surface area contributed by atoms with E-state index in [1.54, 1.807) is 19.9 Å². The van der Waals surface area contributed by atoms with Crippen LogP contribution in [0.2, 0.25) is 0 Å². The number of hydrogen-bond donors (Lipinski definition) is 2. The van der Waals surface area contributed by atoms with Crippen molar-refractivity contribution in [2.75, 3.05) is 6.61 Å². The molecule has 6 fully saturated rings. The van der Waals surface area contributed by atoms with Crippen LogP contribution in [0, 0.1) is 50.2 Å². The highest BCUT2D eigenvalue weighted by molar-refractivity contribution is 5.96. The second-order valence-electron chi connectivity index (χ2n) is 16.6. The quantitative estimate of drug-likeness (QED) is 0.299. The number of rotatable bonds is 3. The molecule has 42 heavy (non-hydrogen) atoms. The van der Waals surface area contributed by atoms with Gasteiger partial charge in [-0.15, -0.1) is 0 Å². The molecule has 5 aliphatic carbocycles. The molecule has 0 aromatic carbocycles. The van der Waals surface area contributed by atoms with Crippen LogP contribution in [-0.4, -0.2) is 46.4 Å². The molecule has 0 aromatic rings. The van der Waals surface area contributed by atoms with E-state index in [4.69, 9.17) is 9.47 Å². The Morgan fingerprint density at radius 1 is 1.02 bits per heavy atom. The fourth-order valence-electron chi connectivity index (χ4n) is 11.5. The average molecular weight is 583 g/mol. The van der Waals surface area contributed by atoms with Crippen molar-refractivity contribution in [1.29, 1.82) is 0 Å². The molecule has 2 aliphatic heterocycles. The lowest BCUT2D eigenvalue weighted by molar-refractivity contribution is -0.391. The van der Waals surface area contributed by atoms with Crippen molar-refractivity contribution in [2.45, 2.75) is 119 Å². The lowest BCUT2D eigenvalue weighted by Crippen LogP contribution is -2.74. The molecule has 2 bridgehead atoms. The van der Waals surface area contributed by atoms with Gasteiger partial charge in [-0.1, -0.05) is 53.2 Å². The van der Waals surface area contributed by atoms with Crippen molar-refractivity contribution >= 4 is 17.7 Å². The number of fused-ring (bicyclic) bond motifs is 7. The van der Waals surface area contributed by atoms with E-state index in [-0.39, 0.29) is 39.3 Å². The van der Waals surface area contributed by atoms with E-state index in [2.05, 4.69) is 41.5 Å². The summed E-state index contributed by atoms with van der Waals surface area (Å²) in [4.78, 5) is 41.1. The SMILES string of the molecule is CC=C(C)C(=O)OC1CC(C)(C)CC2C3=CC(=O)C4C56CCC(O)(OC5)C(C)(C)C6CCC4(C)C3(C)CCC12C(=O)O. The highest BCUT2D eigenvalue weighted by atomic mass is 16.6. The van der Waals surface area contributed by atoms with Gasteiger partial charge in [-0.2, -0.15) is 0 Å². The van der Waals surface area contributed by atoms with Crippen LogP contribution >= 0.6 is 0 Å². The summed E-state index contributed by atoms with van der Waals surface area (Å²) in [6, 6.07) is 0. The monoisotopic (exact) mass is 582 g/mol. The maximum absolute atomic E-state index is 14.6. The number of esters is 1. The van der Waals surface area contributed by atoms with Gasteiger partial charge in [0, 0.05) is 34.7 Å². The molecule has 7 aliphatic rings. The normalized spacial score (nSPS) is 48.6. The number of aliphatic hydroxyl groups is 1. The summed E-state index contributed by atoms with van der Waals surface area (Å²) >= 11 is 0. The van der Waals surface area contributed by atoms with Crippen molar-refractivity contribution in [3.05, 3.63) is 23.3 Å². The molecule has 4 saturated carbocycles. The fourth-order valence-corrected chi connectivity index (χ4v) is 11.5. The molecule has 232 valence electrons. The first kappa shape index (κ1) is 30.1. The van der Waals surface area contributed by atoms with E-state index >= 15 is 0 Å². The van der Waals surface area contributed by atoms with Gasteiger partial charge in [-0.05, 0) is 87.0 Å². The molecular formula is C35H50O7. The second-order valence-corrected chi connectivity index (χ2v) is 16.6. The Hall–Kier alpha value is -1.99. The molecular weight excluding hydrogens is 532 g/mol. The highest BCUT2D eigenvalue weighted by Crippen LogP contribution is 2.77. The predicted octanol–water partition coefficient (Wildman–Crippen LogP) is 6.24. The standard InChI is InChI=1S/C35H50O7/c1-9-20(2)27(37)42-25-18-29(3,4)17-22-21-16-23(36)26-32(8,31(21,7)12-14-34(22,25)28(38)39)11-10-24-30(5,6)35(40)15-13-33(24,26)19-41-35/h9,16,22,24-26,40H,10-15,17-19H2,1-8H3,(H,38,39). The maximum atomic E-state index is 14.6. The summed E-state index contributed by atoms with van der Waals surface area (Å²) in [6.07, 6.45) is 7.91. The van der Waals surface area contributed by atoms with Crippen molar-refractivity contribution in [3.8, 4) is 0 Å². The molecule has 0 aromatic heterocycles. The minimum absolute atomic E-state index is 0.0873. The largest absolute Gasteiger partial charge is 0.481 e. The molecule has 7 heteroatoms. The van der Waals surface area contributed by atoms with Gasteiger partial charge in [0.05, 0.1) is 6.61 Å². The van der Waals surface area contributed by atoms with E-state index in [1.165, 1.54) is 0 Å². The zero-order chi connectivity index (χ0) is 30.9. The summed E-state index contributed by atoms with van der Waals surface area (Å²) in [5.74, 6) is -2.96. The number of ether oxygens (including phenoxy) is 2. The topological polar surface area (TPSA) is 110 Å². The fraction of sp³-hybridized carbons (Fsp3) is 0.800. The predicted molar refractivity (Wildman–Crippen MR) is 157 cm³/mol. The number of hydrogen-bond acceptors (Lipinski definition) is 6. The Morgan fingerprint density at radius 3 is 2.31 bits per heavy atom. The van der Waals surface area contributed by atoms with Crippen molar-refractivity contribution < 1.29 is 34.1 Å². The molecule has 2 N–H and O–H groups in total. The first-order chi connectivity index (χ1) is 19.4. The van der Waals surface area contributed by atoms with Gasteiger partial charge in [-0.25, -0.2) is 4.79 Å². The van der Waals surface area contributed by atoms with Gasteiger partial charge in [0.15, 0.2) is 11.6 Å². The first-order valence-electron chi connectivity index (χ1n) is 16.0. The van der Waals surface area contributed by atoms with E-state index in [0.29, 0.717) is 44.3 Å². The molecule has 0 amide bonds. The summed E-state index contributed by atoms with van der Waals surface area (Å²) in [6.45, 7) is 16.9. The molecule has 9 atom stereocenters. The average Bonchev–Trinajstić information content (AvgIpc) is 2.89. The van der Waals surface area contributed by atoms with E-state index in [1.807, 2.05) is 6.08 Å². The lowest BCUT2D eigenvalue weighted by atomic mass is 9.32. The lowest BCUT2D eigenvalue weighted by Gasteiger charge is -2.74. The Kier molecular flexibility index (Phi) is 6.30. The smallest absolute Gasteiger partial charge is 0.333 e. The van der Waals surface area contributed by atoms with Crippen molar-refractivity contribution in [1.82, 2.24) is 0 Å². The number of ketones is 1.